The lowest BCUT2D eigenvalue weighted by atomic mass is 10.1. The Morgan fingerprint density at radius 1 is 1.50 bits per heavy atom. The number of hydrogen-bond donors (Lipinski definition) is 1. The van der Waals surface area contributed by atoms with Crippen molar-refractivity contribution in [3.8, 4) is 6.07 Å². The molecular weight excluding hydrogens is 288 g/mol. The first-order valence-electron chi connectivity index (χ1n) is 4.50. The third-order valence-electron chi connectivity index (χ3n) is 2.06. The average molecular weight is 295 g/mol. The topological polar surface area (TPSA) is 56.9 Å². The first kappa shape index (κ1) is 11.3. The molecule has 16 heavy (non-hydrogen) atoms. The number of rotatable bonds is 2. The number of nitriles is 1. The number of aromatic nitrogens is 1. The van der Waals surface area contributed by atoms with Crippen LogP contribution in [0.25, 0.3) is 0 Å². The molecule has 0 radical (unpaired) electrons. The summed E-state index contributed by atoms with van der Waals surface area (Å²) in [6.45, 7) is 0. The Bertz CT molecular complexity index is 547. The molecule has 3 nitrogen and oxygen atoms in total. The van der Waals surface area contributed by atoms with E-state index >= 15 is 0 Å². The average Bonchev–Trinajstić information content (AvgIpc) is 2.75. The monoisotopic (exact) mass is 294 g/mol. The van der Waals surface area contributed by atoms with E-state index in [1.165, 1.54) is 11.3 Å². The van der Waals surface area contributed by atoms with Crippen molar-refractivity contribution >= 4 is 27.3 Å². The number of halogens is 1. The molecule has 0 spiro atoms. The van der Waals surface area contributed by atoms with Gasteiger partial charge in [0.15, 0.2) is 0 Å². The van der Waals surface area contributed by atoms with Gasteiger partial charge in [0.05, 0.1) is 11.6 Å². The summed E-state index contributed by atoms with van der Waals surface area (Å²) in [7, 11) is 0. The van der Waals surface area contributed by atoms with Gasteiger partial charge >= 0.3 is 0 Å². The molecule has 2 rings (SSSR count). The lowest BCUT2D eigenvalue weighted by Crippen LogP contribution is -1.99. The molecule has 1 heterocycles. The van der Waals surface area contributed by atoms with Crippen molar-refractivity contribution in [3.63, 3.8) is 0 Å². The molecule has 0 bridgehead atoms. The van der Waals surface area contributed by atoms with Gasteiger partial charge in [-0.25, -0.2) is 4.98 Å². The molecule has 1 unspecified atom stereocenters. The van der Waals surface area contributed by atoms with E-state index in [4.69, 9.17) is 5.26 Å². The van der Waals surface area contributed by atoms with Crippen molar-refractivity contribution < 1.29 is 5.11 Å². The lowest BCUT2D eigenvalue weighted by molar-refractivity contribution is 0.219. The van der Waals surface area contributed by atoms with Gasteiger partial charge in [0, 0.05) is 5.38 Å². The second-order valence-electron chi connectivity index (χ2n) is 3.15. The minimum absolute atomic E-state index is 0.534. The van der Waals surface area contributed by atoms with E-state index in [9.17, 15) is 5.11 Å². The Labute approximate surface area is 105 Å². The van der Waals surface area contributed by atoms with Crippen LogP contribution in [0.4, 0.5) is 0 Å². The fourth-order valence-electron chi connectivity index (χ4n) is 1.31. The van der Waals surface area contributed by atoms with Crippen LogP contribution in [0.3, 0.4) is 0 Å². The van der Waals surface area contributed by atoms with Crippen LogP contribution in [0.15, 0.2) is 34.2 Å². The quantitative estimate of drug-likeness (QED) is 0.926. The van der Waals surface area contributed by atoms with Crippen LogP contribution < -0.4 is 0 Å². The van der Waals surface area contributed by atoms with E-state index in [-0.39, 0.29) is 0 Å². The maximum absolute atomic E-state index is 10.0. The van der Waals surface area contributed by atoms with E-state index in [0.29, 0.717) is 20.7 Å². The number of benzene rings is 1. The van der Waals surface area contributed by atoms with Crippen LogP contribution in [0.2, 0.25) is 0 Å². The van der Waals surface area contributed by atoms with Crippen molar-refractivity contribution in [3.05, 3.63) is 50.4 Å². The third kappa shape index (κ3) is 2.30. The van der Waals surface area contributed by atoms with Gasteiger partial charge in [-0.3, -0.25) is 0 Å². The Hall–Kier alpha value is -1.22. The standard InChI is InChI=1S/C11H7BrN2OS/c12-9-6-16-11(14-9)10(15)8-3-1-2-7(4-8)5-13/h1-4,6,10,15H. The highest BCUT2D eigenvalue weighted by atomic mass is 79.9. The molecule has 0 saturated heterocycles. The van der Waals surface area contributed by atoms with Crippen molar-refractivity contribution in [1.29, 1.82) is 5.26 Å². The summed E-state index contributed by atoms with van der Waals surface area (Å²) < 4.78 is 0.711. The molecule has 1 N–H and O–H groups in total. The van der Waals surface area contributed by atoms with E-state index in [1.807, 2.05) is 11.4 Å². The van der Waals surface area contributed by atoms with Crippen LogP contribution in [-0.2, 0) is 0 Å². The number of thiazole rings is 1. The Morgan fingerprint density at radius 2 is 2.31 bits per heavy atom. The molecule has 1 aromatic carbocycles. The summed E-state index contributed by atoms with van der Waals surface area (Å²) >= 11 is 4.61. The maximum Gasteiger partial charge on any atom is 0.131 e. The van der Waals surface area contributed by atoms with Gasteiger partial charge in [0.1, 0.15) is 15.7 Å². The summed E-state index contributed by atoms with van der Waals surface area (Å²) in [5.41, 5.74) is 1.22. The summed E-state index contributed by atoms with van der Waals surface area (Å²) in [6, 6.07) is 8.94. The second kappa shape index (κ2) is 4.74. The van der Waals surface area contributed by atoms with Crippen molar-refractivity contribution in [2.75, 3.05) is 0 Å². The Morgan fingerprint density at radius 3 is 2.94 bits per heavy atom. The van der Waals surface area contributed by atoms with Gasteiger partial charge in [0.2, 0.25) is 0 Å². The normalized spacial score (nSPS) is 12.1. The Balaban J connectivity index is 2.34. The summed E-state index contributed by atoms with van der Waals surface area (Å²) in [5.74, 6) is 0. The number of hydrogen-bond acceptors (Lipinski definition) is 4. The third-order valence-corrected chi connectivity index (χ3v) is 3.67. The Kier molecular flexibility index (Phi) is 3.34. The smallest absolute Gasteiger partial charge is 0.131 e. The first-order valence-corrected chi connectivity index (χ1v) is 6.17. The van der Waals surface area contributed by atoms with Crippen molar-refractivity contribution in [2.45, 2.75) is 6.10 Å². The summed E-state index contributed by atoms with van der Waals surface area (Å²) in [5, 5.41) is 21.2. The minimum atomic E-state index is -0.774. The molecule has 0 fully saturated rings. The lowest BCUT2D eigenvalue weighted by Gasteiger charge is -2.07. The fraction of sp³-hybridized carbons (Fsp3) is 0.0909. The SMILES string of the molecule is N#Cc1cccc(C(O)c2nc(Br)cs2)c1. The molecule has 1 atom stereocenters. The van der Waals surface area contributed by atoms with E-state index in [1.54, 1.807) is 24.3 Å². The van der Waals surface area contributed by atoms with Gasteiger partial charge in [-0.05, 0) is 33.6 Å². The predicted octanol–water partition coefficient (Wildman–Crippen LogP) is 2.86. The zero-order valence-corrected chi connectivity index (χ0v) is 10.5. The van der Waals surface area contributed by atoms with Gasteiger partial charge < -0.3 is 5.11 Å². The van der Waals surface area contributed by atoms with Crippen LogP contribution in [0.1, 0.15) is 22.2 Å². The molecule has 0 aliphatic heterocycles. The number of aliphatic hydroxyl groups excluding tert-OH is 1. The van der Waals surface area contributed by atoms with E-state index in [0.717, 1.165) is 0 Å². The van der Waals surface area contributed by atoms with Crippen molar-refractivity contribution in [2.24, 2.45) is 0 Å². The van der Waals surface area contributed by atoms with Crippen LogP contribution in [-0.4, -0.2) is 10.1 Å². The molecule has 2 aromatic rings. The number of aliphatic hydroxyl groups is 1. The highest BCUT2D eigenvalue weighted by Gasteiger charge is 2.14. The highest BCUT2D eigenvalue weighted by Crippen LogP contribution is 2.26. The van der Waals surface area contributed by atoms with E-state index in [2.05, 4.69) is 20.9 Å². The fourth-order valence-corrected chi connectivity index (χ4v) is 2.59. The molecule has 80 valence electrons. The molecule has 5 heteroatoms. The molecule has 1 aromatic heterocycles. The zero-order chi connectivity index (χ0) is 11.5. The molecule has 0 amide bonds. The predicted molar refractivity (Wildman–Crippen MR) is 65.0 cm³/mol. The van der Waals surface area contributed by atoms with Gasteiger partial charge in [-0.2, -0.15) is 5.26 Å². The first-order chi connectivity index (χ1) is 7.70. The van der Waals surface area contributed by atoms with Gasteiger partial charge in [-0.15, -0.1) is 11.3 Å². The molecule has 0 aliphatic rings. The minimum Gasteiger partial charge on any atom is -0.381 e. The largest absolute Gasteiger partial charge is 0.381 e. The summed E-state index contributed by atoms with van der Waals surface area (Å²) in [4.78, 5) is 4.14. The highest BCUT2D eigenvalue weighted by molar-refractivity contribution is 9.10. The zero-order valence-electron chi connectivity index (χ0n) is 8.09. The van der Waals surface area contributed by atoms with E-state index < -0.39 is 6.10 Å². The van der Waals surface area contributed by atoms with Crippen LogP contribution in [0, 0.1) is 11.3 Å². The molecule has 0 saturated carbocycles. The molecule has 0 aliphatic carbocycles. The van der Waals surface area contributed by atoms with Gasteiger partial charge in [-0.1, -0.05) is 12.1 Å². The molecular formula is C11H7BrN2OS. The number of nitrogens with zero attached hydrogens (tertiary/aromatic N) is 2. The summed E-state index contributed by atoms with van der Waals surface area (Å²) in [6.07, 6.45) is -0.774. The van der Waals surface area contributed by atoms with Crippen LogP contribution in [0.5, 0.6) is 0 Å². The van der Waals surface area contributed by atoms with Crippen LogP contribution >= 0.6 is 27.3 Å². The van der Waals surface area contributed by atoms with Crippen molar-refractivity contribution in [1.82, 2.24) is 4.98 Å². The van der Waals surface area contributed by atoms with Gasteiger partial charge in [0.25, 0.3) is 0 Å². The second-order valence-corrected chi connectivity index (χ2v) is 4.85. The maximum atomic E-state index is 10.0.